The van der Waals surface area contributed by atoms with E-state index in [1.54, 1.807) is 0 Å². The lowest BCUT2D eigenvalue weighted by Gasteiger charge is -2.08. The number of nitrogens with zero attached hydrogens (tertiary/aromatic N) is 6. The van der Waals surface area contributed by atoms with Gasteiger partial charge in [-0.2, -0.15) is 13.5 Å². The predicted molar refractivity (Wildman–Crippen MR) is 95.8 cm³/mol. The lowest BCUT2D eigenvalue weighted by atomic mass is 10.1. The van der Waals surface area contributed by atoms with Crippen molar-refractivity contribution in [3.63, 3.8) is 0 Å². The van der Waals surface area contributed by atoms with Crippen LogP contribution in [0.2, 0.25) is 0 Å². The number of hydrogen-bond acceptors (Lipinski definition) is 7. The molecule has 0 aliphatic carbocycles. The Morgan fingerprint density at radius 1 is 1.14 bits per heavy atom. The van der Waals surface area contributed by atoms with Gasteiger partial charge < -0.3 is 4.74 Å². The van der Waals surface area contributed by atoms with Gasteiger partial charge in [0.25, 0.3) is 0 Å². The van der Waals surface area contributed by atoms with Gasteiger partial charge in [0.15, 0.2) is 11.6 Å². The van der Waals surface area contributed by atoms with Crippen LogP contribution in [0.25, 0.3) is 17.1 Å². The summed E-state index contributed by atoms with van der Waals surface area (Å²) in [5, 5.41) is 15.4. The monoisotopic (exact) mass is 400 g/mol. The minimum Gasteiger partial charge on any atom is -0.435 e. The van der Waals surface area contributed by atoms with E-state index in [1.807, 2.05) is 31.2 Å². The zero-order valence-corrected chi connectivity index (χ0v) is 15.1. The van der Waals surface area contributed by atoms with Crippen molar-refractivity contribution >= 4 is 0 Å². The van der Waals surface area contributed by atoms with E-state index < -0.39 is 12.4 Å². The molecular formula is C18H14F2N6O3. The number of ether oxygens (including phenoxy) is 1. The van der Waals surface area contributed by atoms with E-state index in [4.69, 9.17) is 4.52 Å². The zero-order valence-electron chi connectivity index (χ0n) is 15.1. The molecule has 0 radical (unpaired) electrons. The molecule has 0 aliphatic rings. The largest absolute Gasteiger partial charge is 0.442 e. The van der Waals surface area contributed by atoms with Gasteiger partial charge in [-0.3, -0.25) is 4.52 Å². The highest BCUT2D eigenvalue weighted by atomic mass is 19.3. The Morgan fingerprint density at radius 2 is 1.90 bits per heavy atom. The van der Waals surface area contributed by atoms with E-state index in [2.05, 4.69) is 25.4 Å². The number of alkyl halides is 2. The van der Waals surface area contributed by atoms with Crippen molar-refractivity contribution in [2.75, 3.05) is 0 Å². The zero-order chi connectivity index (χ0) is 20.4. The molecule has 0 saturated heterocycles. The molecule has 2 heterocycles. The highest BCUT2D eigenvalue weighted by Crippen LogP contribution is 2.21. The van der Waals surface area contributed by atoms with E-state index in [1.165, 1.54) is 33.5 Å². The summed E-state index contributed by atoms with van der Waals surface area (Å²) in [5.41, 5.74) is 2.17. The number of tetrazole rings is 1. The first kappa shape index (κ1) is 18.5. The summed E-state index contributed by atoms with van der Waals surface area (Å²) < 4.78 is 36.5. The van der Waals surface area contributed by atoms with Crippen LogP contribution in [-0.2, 0) is 6.54 Å². The Bertz CT molecular complexity index is 1180. The molecule has 0 aliphatic heterocycles. The van der Waals surface area contributed by atoms with E-state index in [0.717, 1.165) is 11.1 Å². The third-order valence-electron chi connectivity index (χ3n) is 4.21. The van der Waals surface area contributed by atoms with Crippen molar-refractivity contribution in [1.29, 1.82) is 0 Å². The molecule has 0 atom stereocenters. The molecular weight excluding hydrogens is 386 g/mol. The maximum Gasteiger partial charge on any atom is 0.442 e. The van der Waals surface area contributed by atoms with Gasteiger partial charge in [-0.15, -0.1) is 5.10 Å². The van der Waals surface area contributed by atoms with Crippen LogP contribution < -0.4 is 10.5 Å². The molecule has 2 aromatic carbocycles. The fourth-order valence-electron chi connectivity index (χ4n) is 2.84. The second kappa shape index (κ2) is 7.62. The van der Waals surface area contributed by atoms with Gasteiger partial charge in [-0.1, -0.05) is 29.4 Å². The number of halogens is 2. The molecule has 9 nitrogen and oxygen atoms in total. The Labute approximate surface area is 162 Å². The first-order valence-electron chi connectivity index (χ1n) is 8.48. The molecule has 0 fully saturated rings. The Hall–Kier alpha value is -3.89. The van der Waals surface area contributed by atoms with E-state index in [9.17, 15) is 13.6 Å². The van der Waals surface area contributed by atoms with Crippen LogP contribution in [0, 0.1) is 6.92 Å². The first-order valence-corrected chi connectivity index (χ1v) is 8.48. The van der Waals surface area contributed by atoms with E-state index in [-0.39, 0.29) is 12.3 Å². The van der Waals surface area contributed by atoms with Crippen LogP contribution in [0.5, 0.6) is 5.75 Å². The fourth-order valence-corrected chi connectivity index (χ4v) is 2.84. The van der Waals surface area contributed by atoms with Crippen LogP contribution in [0.1, 0.15) is 11.4 Å². The molecule has 148 valence electrons. The summed E-state index contributed by atoms with van der Waals surface area (Å²) in [6.07, 6.45) is 0. The van der Waals surface area contributed by atoms with Crippen LogP contribution in [0.4, 0.5) is 8.78 Å². The standard InChI is InChI=1S/C18H14F2N6O3/c1-11-4-2-3-5-14(11)16-22-29-18(27)25(16)10-15-21-23-24-26(15)12-6-8-13(9-7-12)28-17(19)20/h2-9,17H,10H2,1H3. The third kappa shape index (κ3) is 3.74. The van der Waals surface area contributed by atoms with Gasteiger partial charge in [0.2, 0.25) is 0 Å². The first-order chi connectivity index (χ1) is 14.0. The Balaban J connectivity index is 1.67. The minimum absolute atomic E-state index is 0.00567. The maximum atomic E-state index is 12.3. The van der Waals surface area contributed by atoms with E-state index >= 15 is 0 Å². The fraction of sp³-hybridized carbons (Fsp3) is 0.167. The quantitative estimate of drug-likeness (QED) is 0.490. The Morgan fingerprint density at radius 3 is 2.62 bits per heavy atom. The van der Waals surface area contributed by atoms with Crippen molar-refractivity contribution in [1.82, 2.24) is 29.9 Å². The average Bonchev–Trinajstić information content (AvgIpc) is 3.30. The van der Waals surface area contributed by atoms with Gasteiger partial charge in [0.1, 0.15) is 5.75 Å². The van der Waals surface area contributed by atoms with Crippen LogP contribution in [0.3, 0.4) is 0 Å². The van der Waals surface area contributed by atoms with Crippen molar-refractivity contribution in [2.24, 2.45) is 0 Å². The lowest BCUT2D eigenvalue weighted by Crippen LogP contribution is -2.19. The molecule has 0 spiro atoms. The lowest BCUT2D eigenvalue weighted by molar-refractivity contribution is -0.0498. The van der Waals surface area contributed by atoms with Gasteiger partial charge in [-0.05, 0) is 47.2 Å². The summed E-state index contributed by atoms with van der Waals surface area (Å²) in [6.45, 7) is -1.02. The van der Waals surface area contributed by atoms with Gasteiger partial charge in [0, 0.05) is 5.56 Å². The number of rotatable bonds is 6. The van der Waals surface area contributed by atoms with Crippen molar-refractivity contribution in [3.05, 3.63) is 70.5 Å². The van der Waals surface area contributed by atoms with Crippen molar-refractivity contribution in [2.45, 2.75) is 20.1 Å². The summed E-state index contributed by atoms with van der Waals surface area (Å²) in [4.78, 5) is 12.2. The molecule has 29 heavy (non-hydrogen) atoms. The van der Waals surface area contributed by atoms with Crippen molar-refractivity contribution in [3.8, 4) is 22.8 Å². The molecule has 4 rings (SSSR count). The van der Waals surface area contributed by atoms with Gasteiger partial charge in [-0.25, -0.2) is 9.36 Å². The van der Waals surface area contributed by atoms with Crippen LogP contribution in [0.15, 0.2) is 57.8 Å². The predicted octanol–water partition coefficient (Wildman–Crippen LogP) is 2.44. The summed E-state index contributed by atoms with van der Waals surface area (Å²) in [6, 6.07) is 13.2. The highest BCUT2D eigenvalue weighted by molar-refractivity contribution is 5.59. The van der Waals surface area contributed by atoms with Crippen LogP contribution in [-0.4, -0.2) is 36.5 Å². The second-order valence-electron chi connectivity index (χ2n) is 6.05. The topological polar surface area (TPSA) is 101 Å². The summed E-state index contributed by atoms with van der Waals surface area (Å²) >= 11 is 0. The smallest absolute Gasteiger partial charge is 0.435 e. The summed E-state index contributed by atoms with van der Waals surface area (Å²) in [7, 11) is 0. The van der Waals surface area contributed by atoms with Gasteiger partial charge >= 0.3 is 12.4 Å². The number of benzene rings is 2. The van der Waals surface area contributed by atoms with Gasteiger partial charge in [0.05, 0.1) is 12.2 Å². The summed E-state index contributed by atoms with van der Waals surface area (Å²) in [5.74, 6) is 0.0324. The molecule has 0 unspecified atom stereocenters. The highest BCUT2D eigenvalue weighted by Gasteiger charge is 2.18. The minimum atomic E-state index is -2.91. The third-order valence-corrected chi connectivity index (χ3v) is 4.21. The van der Waals surface area contributed by atoms with E-state index in [0.29, 0.717) is 17.3 Å². The number of aromatic nitrogens is 6. The molecule has 0 bridgehead atoms. The molecule has 4 aromatic rings. The average molecular weight is 400 g/mol. The second-order valence-corrected chi connectivity index (χ2v) is 6.05. The molecule has 11 heteroatoms. The number of aryl methyl sites for hydroxylation is 1. The molecule has 0 amide bonds. The maximum absolute atomic E-state index is 12.3. The molecule has 2 aromatic heterocycles. The van der Waals surface area contributed by atoms with Crippen LogP contribution >= 0.6 is 0 Å². The number of hydrogen-bond donors (Lipinski definition) is 0. The molecule has 0 saturated carbocycles. The normalized spacial score (nSPS) is 11.2. The van der Waals surface area contributed by atoms with Crippen molar-refractivity contribution < 1.29 is 18.0 Å². The Kier molecular flexibility index (Phi) is 4.85. The molecule has 0 N–H and O–H groups in total. The SMILES string of the molecule is Cc1ccccc1-c1noc(=O)n1Cc1nnnn1-c1ccc(OC(F)F)cc1.